The van der Waals surface area contributed by atoms with Crippen LogP contribution < -0.4 is 10.9 Å². The first-order valence-corrected chi connectivity index (χ1v) is 10.8. The van der Waals surface area contributed by atoms with Gasteiger partial charge in [0.25, 0.3) is 11.5 Å². The van der Waals surface area contributed by atoms with E-state index in [0.717, 1.165) is 48.9 Å². The highest BCUT2D eigenvalue weighted by molar-refractivity contribution is 7.18. The third kappa shape index (κ3) is 4.98. The SMILES string of the molecule is CCC[C@@H](C)NC(=O)COC(=O)CCc1nc2sc3c(c2c(=O)[nH]1)CCCC3. The maximum atomic E-state index is 12.5. The summed E-state index contributed by atoms with van der Waals surface area (Å²) < 4.78 is 5.02. The van der Waals surface area contributed by atoms with Gasteiger partial charge in [-0.2, -0.15) is 0 Å². The number of carbonyl (C=O) groups is 2. The molecule has 2 N–H and O–H groups in total. The number of thiophene rings is 1. The van der Waals surface area contributed by atoms with Crippen molar-refractivity contribution in [2.75, 3.05) is 6.61 Å². The number of aromatic amines is 1. The van der Waals surface area contributed by atoms with Gasteiger partial charge in [-0.1, -0.05) is 13.3 Å². The molecule has 0 spiro atoms. The summed E-state index contributed by atoms with van der Waals surface area (Å²) >= 11 is 1.59. The van der Waals surface area contributed by atoms with Crippen LogP contribution in [0.5, 0.6) is 0 Å². The number of rotatable bonds is 8. The highest BCUT2D eigenvalue weighted by Crippen LogP contribution is 2.33. The Balaban J connectivity index is 1.54. The summed E-state index contributed by atoms with van der Waals surface area (Å²) in [5.41, 5.74) is 1.02. The topological polar surface area (TPSA) is 101 Å². The van der Waals surface area contributed by atoms with Gasteiger partial charge in [0, 0.05) is 17.3 Å². The molecule has 0 unspecified atom stereocenters. The summed E-state index contributed by atoms with van der Waals surface area (Å²) in [7, 11) is 0. The van der Waals surface area contributed by atoms with Crippen molar-refractivity contribution < 1.29 is 14.3 Å². The molecule has 28 heavy (non-hydrogen) atoms. The van der Waals surface area contributed by atoms with Gasteiger partial charge in [0.1, 0.15) is 10.7 Å². The van der Waals surface area contributed by atoms with E-state index in [1.807, 2.05) is 13.8 Å². The van der Waals surface area contributed by atoms with E-state index < -0.39 is 5.97 Å². The van der Waals surface area contributed by atoms with Crippen LogP contribution in [0.3, 0.4) is 0 Å². The molecule has 2 aromatic heterocycles. The van der Waals surface area contributed by atoms with Gasteiger partial charge in [-0.3, -0.25) is 14.4 Å². The van der Waals surface area contributed by atoms with E-state index in [2.05, 4.69) is 15.3 Å². The molecule has 0 radical (unpaired) electrons. The van der Waals surface area contributed by atoms with E-state index in [1.54, 1.807) is 11.3 Å². The molecular formula is C20H27N3O4S. The molecule has 0 aliphatic heterocycles. The molecule has 0 aromatic carbocycles. The molecule has 0 bridgehead atoms. The monoisotopic (exact) mass is 405 g/mol. The van der Waals surface area contributed by atoms with Crippen molar-refractivity contribution in [2.45, 2.75) is 71.3 Å². The minimum atomic E-state index is -0.480. The number of esters is 1. The molecule has 1 atom stereocenters. The zero-order chi connectivity index (χ0) is 20.1. The van der Waals surface area contributed by atoms with Crippen LogP contribution in [0.25, 0.3) is 10.2 Å². The molecule has 0 fully saturated rings. The van der Waals surface area contributed by atoms with Crippen molar-refractivity contribution in [3.05, 3.63) is 26.6 Å². The fourth-order valence-electron chi connectivity index (χ4n) is 3.59. The van der Waals surface area contributed by atoms with Crippen LogP contribution in [0.15, 0.2) is 4.79 Å². The number of amides is 1. The smallest absolute Gasteiger partial charge is 0.306 e. The quantitative estimate of drug-likeness (QED) is 0.658. The number of ether oxygens (including phenoxy) is 1. The lowest BCUT2D eigenvalue weighted by Gasteiger charge is -2.12. The molecule has 1 aliphatic rings. The van der Waals surface area contributed by atoms with Gasteiger partial charge in [-0.25, -0.2) is 4.98 Å². The maximum absolute atomic E-state index is 12.5. The average molecular weight is 406 g/mol. The highest BCUT2D eigenvalue weighted by atomic mass is 32.1. The van der Waals surface area contributed by atoms with Crippen LogP contribution in [-0.2, 0) is 33.6 Å². The summed E-state index contributed by atoms with van der Waals surface area (Å²) in [5, 5.41) is 3.50. The molecule has 3 rings (SSSR count). The van der Waals surface area contributed by atoms with E-state index in [4.69, 9.17) is 4.74 Å². The van der Waals surface area contributed by atoms with Crippen LogP contribution in [0.2, 0.25) is 0 Å². The first-order chi connectivity index (χ1) is 13.5. The Morgan fingerprint density at radius 2 is 2.11 bits per heavy atom. The molecule has 0 saturated carbocycles. The summed E-state index contributed by atoms with van der Waals surface area (Å²) in [6, 6.07) is 0.0637. The van der Waals surface area contributed by atoms with E-state index in [1.165, 1.54) is 4.88 Å². The third-order valence-electron chi connectivity index (χ3n) is 4.93. The molecule has 7 nitrogen and oxygen atoms in total. The number of carbonyl (C=O) groups excluding carboxylic acids is 2. The number of H-pyrrole nitrogens is 1. The first-order valence-electron chi connectivity index (χ1n) is 9.96. The van der Waals surface area contributed by atoms with Gasteiger partial charge in [0.2, 0.25) is 0 Å². The predicted molar refractivity (Wildman–Crippen MR) is 109 cm³/mol. The Labute approximate surface area is 167 Å². The molecule has 8 heteroatoms. The first kappa shape index (κ1) is 20.5. The molecule has 0 saturated heterocycles. The minimum Gasteiger partial charge on any atom is -0.456 e. The number of nitrogens with one attached hydrogen (secondary N) is 2. The van der Waals surface area contributed by atoms with Crippen molar-refractivity contribution in [2.24, 2.45) is 0 Å². The normalized spacial score (nSPS) is 14.5. The van der Waals surface area contributed by atoms with Crippen molar-refractivity contribution in [3.8, 4) is 0 Å². The Morgan fingerprint density at radius 3 is 2.89 bits per heavy atom. The van der Waals surface area contributed by atoms with Gasteiger partial charge in [-0.15, -0.1) is 11.3 Å². The second-order valence-electron chi connectivity index (χ2n) is 7.32. The number of nitrogens with zero attached hydrogens (tertiary/aromatic N) is 1. The largest absolute Gasteiger partial charge is 0.456 e. The van der Waals surface area contributed by atoms with E-state index >= 15 is 0 Å². The van der Waals surface area contributed by atoms with Crippen molar-refractivity contribution >= 4 is 33.4 Å². The number of hydrogen-bond donors (Lipinski definition) is 2. The average Bonchev–Trinajstić information content (AvgIpc) is 3.03. The summed E-state index contributed by atoms with van der Waals surface area (Å²) in [5.74, 6) is -0.299. The molecule has 1 amide bonds. The fourth-order valence-corrected chi connectivity index (χ4v) is 4.87. The van der Waals surface area contributed by atoms with E-state index in [-0.39, 0.29) is 37.0 Å². The lowest BCUT2D eigenvalue weighted by atomic mass is 9.97. The van der Waals surface area contributed by atoms with Crippen LogP contribution in [-0.4, -0.2) is 34.5 Å². The zero-order valence-electron chi connectivity index (χ0n) is 16.4. The Hall–Kier alpha value is -2.22. The molecule has 1 aliphatic carbocycles. The Bertz CT molecular complexity index is 918. The van der Waals surface area contributed by atoms with Crippen LogP contribution in [0, 0.1) is 0 Å². The summed E-state index contributed by atoms with van der Waals surface area (Å²) in [4.78, 5) is 45.5. The lowest BCUT2D eigenvalue weighted by Crippen LogP contribution is -2.35. The van der Waals surface area contributed by atoms with Crippen molar-refractivity contribution in [1.82, 2.24) is 15.3 Å². The third-order valence-corrected chi connectivity index (χ3v) is 6.12. The second-order valence-corrected chi connectivity index (χ2v) is 8.41. The van der Waals surface area contributed by atoms with Gasteiger partial charge >= 0.3 is 5.97 Å². The molecule has 2 heterocycles. The molecular weight excluding hydrogens is 378 g/mol. The van der Waals surface area contributed by atoms with Crippen molar-refractivity contribution in [1.29, 1.82) is 0 Å². The second kappa shape index (κ2) is 9.32. The van der Waals surface area contributed by atoms with Crippen LogP contribution in [0.1, 0.15) is 62.2 Å². The predicted octanol–water partition coefficient (Wildman–Crippen LogP) is 2.64. The zero-order valence-corrected chi connectivity index (χ0v) is 17.2. The van der Waals surface area contributed by atoms with Gasteiger partial charge in [0.15, 0.2) is 6.61 Å². The van der Waals surface area contributed by atoms with E-state index in [0.29, 0.717) is 11.2 Å². The standard InChI is InChI=1S/C20H27N3O4S/c1-3-6-12(2)21-16(24)11-27-17(25)10-9-15-22-19(26)18-13-7-4-5-8-14(13)28-20(18)23-15/h12H,3-11H2,1-2H3,(H,21,24)(H,22,23,26)/t12-/m1/s1. The highest BCUT2D eigenvalue weighted by Gasteiger charge is 2.20. The van der Waals surface area contributed by atoms with Gasteiger partial charge in [-0.05, 0) is 44.6 Å². The number of hydrogen-bond acceptors (Lipinski definition) is 6. The number of aryl methyl sites for hydroxylation is 3. The van der Waals surface area contributed by atoms with Gasteiger partial charge < -0.3 is 15.0 Å². The van der Waals surface area contributed by atoms with Crippen molar-refractivity contribution in [3.63, 3.8) is 0 Å². The maximum Gasteiger partial charge on any atom is 0.306 e. The Kier molecular flexibility index (Phi) is 6.83. The van der Waals surface area contributed by atoms with Gasteiger partial charge in [0.05, 0.1) is 11.8 Å². The molecule has 2 aromatic rings. The fraction of sp³-hybridized carbons (Fsp3) is 0.600. The number of fused-ring (bicyclic) bond motifs is 3. The lowest BCUT2D eigenvalue weighted by molar-refractivity contribution is -0.148. The minimum absolute atomic E-state index is 0.0637. The Morgan fingerprint density at radius 1 is 1.32 bits per heavy atom. The molecule has 152 valence electrons. The van der Waals surface area contributed by atoms with E-state index in [9.17, 15) is 14.4 Å². The van der Waals surface area contributed by atoms with Crippen LogP contribution >= 0.6 is 11.3 Å². The van der Waals surface area contributed by atoms with Crippen LogP contribution in [0.4, 0.5) is 0 Å². The summed E-state index contributed by atoms with van der Waals surface area (Å²) in [6.45, 7) is 3.68. The number of aromatic nitrogens is 2. The summed E-state index contributed by atoms with van der Waals surface area (Å²) in [6.07, 6.45) is 6.41.